The number of rotatable bonds is 8. The second kappa shape index (κ2) is 17.3. The first-order valence-electron chi connectivity index (χ1n) is 26.4. The third-order valence-electron chi connectivity index (χ3n) is 16.7. The molecule has 2 heteroatoms. The van der Waals surface area contributed by atoms with Gasteiger partial charge in [-0.25, -0.2) is 0 Å². The molecule has 1 aliphatic carbocycles. The van der Waals surface area contributed by atoms with Gasteiger partial charge in [0, 0.05) is 22.4 Å². The van der Waals surface area contributed by atoms with Crippen LogP contribution in [-0.4, -0.2) is 11.3 Å². The van der Waals surface area contributed by atoms with Crippen molar-refractivity contribution in [3.8, 4) is 27.9 Å². The Bertz CT molecular complexity index is 3660. The molecule has 2 aliphatic rings. The molecule has 354 valence electrons. The summed E-state index contributed by atoms with van der Waals surface area (Å²) in [5, 5.41) is 2.57. The van der Waals surface area contributed by atoms with Gasteiger partial charge in [0.1, 0.15) is 0 Å². The largest absolute Gasteiger partial charge is 0.309 e. The minimum absolute atomic E-state index is 0.00483. The van der Waals surface area contributed by atoms with Crippen molar-refractivity contribution in [1.82, 2.24) is 4.57 Å². The molecular formula is C70H66BN. The van der Waals surface area contributed by atoms with Crippen molar-refractivity contribution in [2.75, 3.05) is 0 Å². The first-order valence-corrected chi connectivity index (χ1v) is 26.4. The molecule has 0 saturated heterocycles. The zero-order valence-corrected chi connectivity index (χ0v) is 43.7. The molecule has 10 aromatic rings. The Morgan fingerprint density at radius 3 is 1.76 bits per heavy atom. The summed E-state index contributed by atoms with van der Waals surface area (Å²) < 4.78 is 2.50. The van der Waals surface area contributed by atoms with Crippen LogP contribution in [0, 0.1) is 13.8 Å². The number of hydrogen-bond acceptors (Lipinski definition) is 0. The van der Waals surface area contributed by atoms with Gasteiger partial charge >= 0.3 is 0 Å². The highest BCUT2D eigenvalue weighted by Gasteiger charge is 2.46. The minimum Gasteiger partial charge on any atom is -0.309 e. The maximum absolute atomic E-state index is 2.71. The molecule has 0 bridgehead atoms. The van der Waals surface area contributed by atoms with Gasteiger partial charge in [-0.2, -0.15) is 0 Å². The lowest BCUT2D eigenvalue weighted by Crippen LogP contribution is -2.60. The quantitative estimate of drug-likeness (QED) is 0.134. The molecule has 0 saturated carbocycles. The number of hydrogen-bond donors (Lipinski definition) is 0. The van der Waals surface area contributed by atoms with E-state index in [1.54, 1.807) is 0 Å². The van der Waals surface area contributed by atoms with Crippen LogP contribution in [0.2, 0.25) is 0 Å². The molecule has 0 radical (unpaired) electrons. The van der Waals surface area contributed by atoms with Gasteiger partial charge in [0.2, 0.25) is 6.71 Å². The molecule has 1 aromatic heterocycles. The SMILES string of the molecule is Cc1cc(C)c2c(c1)C(c1ccc(C(C)(C)C)cc1-c1ccccc1)c1cc3c(cc1B2c1ccc(-n2c4ccccc4c4ccccc42)cc1CCc1ccc(-c2ccccc2)cc1)C(C)(C)CC3(C)C. The van der Waals surface area contributed by atoms with E-state index in [0.717, 1.165) is 19.3 Å². The molecule has 0 amide bonds. The smallest absolute Gasteiger partial charge is 0.242 e. The molecular weight excluding hydrogens is 866 g/mol. The van der Waals surface area contributed by atoms with Gasteiger partial charge in [0.05, 0.1) is 11.0 Å². The van der Waals surface area contributed by atoms with Crippen LogP contribution in [0.15, 0.2) is 194 Å². The van der Waals surface area contributed by atoms with Crippen molar-refractivity contribution in [3.05, 3.63) is 250 Å². The molecule has 2 heterocycles. The number of aromatic nitrogens is 1. The van der Waals surface area contributed by atoms with E-state index in [1.807, 2.05) is 0 Å². The van der Waals surface area contributed by atoms with E-state index < -0.39 is 0 Å². The summed E-state index contributed by atoms with van der Waals surface area (Å²) in [6, 6.07) is 74.5. The Kier molecular flexibility index (Phi) is 11.0. The van der Waals surface area contributed by atoms with Gasteiger partial charge in [0.25, 0.3) is 0 Å². The Labute approximate surface area is 428 Å². The van der Waals surface area contributed by atoms with Crippen LogP contribution in [0.1, 0.15) is 116 Å². The first-order chi connectivity index (χ1) is 34.6. The molecule has 72 heavy (non-hydrogen) atoms. The number of aryl methyl sites for hydroxylation is 4. The summed E-state index contributed by atoms with van der Waals surface area (Å²) >= 11 is 0. The molecule has 0 spiro atoms. The second-order valence-corrected chi connectivity index (χ2v) is 23.7. The topological polar surface area (TPSA) is 4.93 Å². The molecule has 1 unspecified atom stereocenters. The molecule has 9 aromatic carbocycles. The van der Waals surface area contributed by atoms with Crippen LogP contribution < -0.4 is 16.4 Å². The third-order valence-corrected chi connectivity index (χ3v) is 16.7. The van der Waals surface area contributed by atoms with Crippen molar-refractivity contribution >= 4 is 44.9 Å². The second-order valence-electron chi connectivity index (χ2n) is 23.7. The van der Waals surface area contributed by atoms with E-state index in [0.29, 0.717) is 0 Å². The minimum atomic E-state index is 0.00483. The van der Waals surface area contributed by atoms with Crippen molar-refractivity contribution in [2.24, 2.45) is 0 Å². The van der Waals surface area contributed by atoms with Crippen molar-refractivity contribution in [2.45, 2.75) is 104 Å². The Balaban J connectivity index is 1.11. The van der Waals surface area contributed by atoms with Gasteiger partial charge in [-0.05, 0) is 135 Å². The average molecular weight is 932 g/mol. The van der Waals surface area contributed by atoms with Crippen LogP contribution in [0.5, 0.6) is 0 Å². The van der Waals surface area contributed by atoms with Gasteiger partial charge in [-0.3, -0.25) is 0 Å². The predicted molar refractivity (Wildman–Crippen MR) is 309 cm³/mol. The highest BCUT2D eigenvalue weighted by molar-refractivity contribution is 6.97. The fourth-order valence-corrected chi connectivity index (χ4v) is 13.5. The monoisotopic (exact) mass is 932 g/mol. The summed E-state index contributed by atoms with van der Waals surface area (Å²) in [4.78, 5) is 0. The van der Waals surface area contributed by atoms with E-state index in [-0.39, 0.29) is 28.9 Å². The van der Waals surface area contributed by atoms with E-state index in [2.05, 4.69) is 261 Å². The van der Waals surface area contributed by atoms with E-state index in [9.17, 15) is 0 Å². The standard InChI is InChI=1S/C70H66BN/c1-45-38-46(2)67-59(39-45)66(56-36-34-52(68(3,4)5)41-57(56)50-22-14-11-15-23-50)58-42-60-61(70(8,9)44-69(60,6)7)43-63(58)71(67)62-37-35-53(72-64-26-18-16-24-54(64)55-25-17-19-27-65(55)72)40-51(62)33-30-47-28-31-49(32-29-47)48-20-12-10-13-21-48/h10-29,31-32,34-43,66H,30,33,44H2,1-9H3. The van der Waals surface area contributed by atoms with Crippen LogP contribution in [-0.2, 0) is 29.1 Å². The molecule has 1 atom stereocenters. The van der Waals surface area contributed by atoms with Crippen LogP contribution in [0.4, 0.5) is 0 Å². The first kappa shape index (κ1) is 45.9. The van der Waals surface area contributed by atoms with Gasteiger partial charge in [0.15, 0.2) is 0 Å². The lowest BCUT2D eigenvalue weighted by atomic mass is 9.31. The van der Waals surface area contributed by atoms with Gasteiger partial charge in [-0.1, -0.05) is 251 Å². The zero-order valence-electron chi connectivity index (χ0n) is 43.7. The highest BCUT2D eigenvalue weighted by Crippen LogP contribution is 2.51. The van der Waals surface area contributed by atoms with Crippen molar-refractivity contribution in [1.29, 1.82) is 0 Å². The van der Waals surface area contributed by atoms with E-state index in [4.69, 9.17) is 0 Å². The zero-order chi connectivity index (χ0) is 49.7. The average Bonchev–Trinajstić information content (AvgIpc) is 3.80. The van der Waals surface area contributed by atoms with E-state index in [1.165, 1.54) is 122 Å². The molecule has 1 aliphatic heterocycles. The fraction of sp³-hybridized carbons (Fsp3) is 0.229. The Morgan fingerprint density at radius 1 is 0.514 bits per heavy atom. The Morgan fingerprint density at radius 2 is 1.11 bits per heavy atom. The summed E-state index contributed by atoms with van der Waals surface area (Å²) in [6.07, 6.45) is 2.97. The maximum atomic E-state index is 2.71. The summed E-state index contributed by atoms with van der Waals surface area (Å²) in [5.74, 6) is 0.0438. The Hall–Kier alpha value is -7.16. The van der Waals surface area contributed by atoms with Crippen LogP contribution in [0.3, 0.4) is 0 Å². The lowest BCUT2D eigenvalue weighted by Gasteiger charge is -2.38. The fourth-order valence-electron chi connectivity index (χ4n) is 13.5. The molecule has 0 N–H and O–H groups in total. The van der Waals surface area contributed by atoms with Crippen molar-refractivity contribution < 1.29 is 0 Å². The summed E-state index contributed by atoms with van der Waals surface area (Å²) in [7, 11) is 0. The van der Waals surface area contributed by atoms with E-state index >= 15 is 0 Å². The van der Waals surface area contributed by atoms with Crippen LogP contribution >= 0.6 is 0 Å². The number of fused-ring (bicyclic) bond motifs is 6. The lowest BCUT2D eigenvalue weighted by molar-refractivity contribution is 0.403. The van der Waals surface area contributed by atoms with Gasteiger partial charge in [-0.15, -0.1) is 0 Å². The van der Waals surface area contributed by atoms with Gasteiger partial charge < -0.3 is 4.57 Å². The number of benzene rings is 9. The number of para-hydroxylation sites is 2. The summed E-state index contributed by atoms with van der Waals surface area (Å²) in [6.45, 7) is 21.7. The maximum Gasteiger partial charge on any atom is 0.242 e. The molecule has 1 nitrogen and oxygen atoms in total. The molecule has 0 fully saturated rings. The summed E-state index contributed by atoms with van der Waals surface area (Å²) in [5.41, 5.74) is 27.3. The predicted octanol–water partition coefficient (Wildman–Crippen LogP) is 15.8. The highest BCUT2D eigenvalue weighted by atomic mass is 15.0. The van der Waals surface area contributed by atoms with Crippen LogP contribution in [0.25, 0.3) is 49.7 Å². The molecule has 12 rings (SSSR count). The number of nitrogens with zero attached hydrogens (tertiary/aromatic N) is 1. The normalized spacial score (nSPS) is 15.7. The third kappa shape index (κ3) is 7.77. The van der Waals surface area contributed by atoms with Crippen molar-refractivity contribution in [3.63, 3.8) is 0 Å².